The van der Waals surface area contributed by atoms with Gasteiger partial charge >= 0.3 is 5.97 Å². The van der Waals surface area contributed by atoms with Gasteiger partial charge in [0.2, 0.25) is 15.9 Å². The van der Waals surface area contributed by atoms with Crippen LogP contribution in [0.15, 0.2) is 30.3 Å². The number of aliphatic hydroxyl groups excluding tert-OH is 1. The van der Waals surface area contributed by atoms with Crippen LogP contribution in [0.4, 0.5) is 0 Å². The Kier molecular flexibility index (Phi) is 10.5. The summed E-state index contributed by atoms with van der Waals surface area (Å²) < 4.78 is 38.3. The predicted octanol–water partition coefficient (Wildman–Crippen LogP) is 1.26. The summed E-state index contributed by atoms with van der Waals surface area (Å²) in [7, 11) is -4.34. The molecule has 1 aromatic carbocycles. The molecule has 1 aromatic rings. The van der Waals surface area contributed by atoms with E-state index in [1.807, 2.05) is 30.3 Å². The van der Waals surface area contributed by atoms with Crippen molar-refractivity contribution in [3.63, 3.8) is 0 Å². The van der Waals surface area contributed by atoms with E-state index < -0.39 is 47.7 Å². The maximum Gasteiger partial charge on any atom is 0.331 e. The molecule has 0 spiro atoms. The van der Waals surface area contributed by atoms with Crippen LogP contribution in [0, 0.1) is 0 Å². The zero-order valence-corrected chi connectivity index (χ0v) is 21.5. The molecule has 0 aliphatic rings. The van der Waals surface area contributed by atoms with Crippen molar-refractivity contribution < 1.29 is 32.6 Å². The standard InChI is InChI=1S/C21H36N2O7SSi/c1-16(24)18(19(25)29-3)22-20(26)21(2,15-30-14-17-10-8-7-9-11-17)23-31(27,28)12-13-32(4,5)6/h7-11,16,18,23-24H,12-15H2,1-6H3,(H,22,26)/t16?,18-,21-/m0/s1. The third-order valence-electron chi connectivity index (χ3n) is 4.73. The van der Waals surface area contributed by atoms with E-state index in [4.69, 9.17) is 4.74 Å². The number of hydrogen-bond donors (Lipinski definition) is 3. The minimum atomic E-state index is -3.83. The molecule has 0 fully saturated rings. The zero-order chi connectivity index (χ0) is 24.6. The Morgan fingerprint density at radius 2 is 1.78 bits per heavy atom. The number of nitrogens with one attached hydrogen (secondary N) is 2. The lowest BCUT2D eigenvalue weighted by Gasteiger charge is -2.31. The molecular weight excluding hydrogens is 452 g/mol. The number of carbonyl (C=O) groups excluding carboxylic acids is 2. The van der Waals surface area contributed by atoms with Gasteiger partial charge in [0.05, 0.1) is 32.2 Å². The van der Waals surface area contributed by atoms with Gasteiger partial charge in [0, 0.05) is 8.07 Å². The van der Waals surface area contributed by atoms with Crippen molar-refractivity contribution in [1.29, 1.82) is 0 Å². The average molecular weight is 489 g/mol. The molecule has 0 radical (unpaired) electrons. The van der Waals surface area contributed by atoms with Gasteiger partial charge in [-0.25, -0.2) is 13.2 Å². The van der Waals surface area contributed by atoms with E-state index in [0.29, 0.717) is 6.04 Å². The lowest BCUT2D eigenvalue weighted by atomic mass is 10.0. The van der Waals surface area contributed by atoms with E-state index in [9.17, 15) is 23.1 Å². The van der Waals surface area contributed by atoms with Gasteiger partial charge < -0.3 is 19.9 Å². The molecule has 0 saturated carbocycles. The van der Waals surface area contributed by atoms with E-state index in [1.54, 1.807) is 0 Å². The summed E-state index contributed by atoms with van der Waals surface area (Å²) in [6.07, 6.45) is -1.25. The number of sulfonamides is 1. The van der Waals surface area contributed by atoms with Gasteiger partial charge in [-0.15, -0.1) is 0 Å². The third kappa shape index (κ3) is 9.78. The molecule has 3 atom stereocenters. The van der Waals surface area contributed by atoms with Crippen LogP contribution in [0.2, 0.25) is 25.7 Å². The van der Waals surface area contributed by atoms with Crippen LogP contribution >= 0.6 is 0 Å². The number of amides is 1. The van der Waals surface area contributed by atoms with Crippen LogP contribution in [0.1, 0.15) is 19.4 Å². The number of hydrogen-bond acceptors (Lipinski definition) is 7. The first-order chi connectivity index (χ1) is 14.7. The van der Waals surface area contributed by atoms with Crippen molar-refractivity contribution in [2.75, 3.05) is 19.5 Å². The van der Waals surface area contributed by atoms with Gasteiger partial charge in [0.25, 0.3) is 0 Å². The molecule has 32 heavy (non-hydrogen) atoms. The molecule has 1 unspecified atom stereocenters. The summed E-state index contributed by atoms with van der Waals surface area (Å²) in [5, 5.41) is 12.3. The Balaban J connectivity index is 3.06. The van der Waals surface area contributed by atoms with Gasteiger partial charge in [0.1, 0.15) is 5.54 Å². The second-order valence-electron chi connectivity index (χ2n) is 9.26. The van der Waals surface area contributed by atoms with E-state index >= 15 is 0 Å². The molecular formula is C21H36N2O7SSi. The second-order valence-corrected chi connectivity index (χ2v) is 16.7. The van der Waals surface area contributed by atoms with Crippen LogP contribution in [-0.2, 0) is 35.7 Å². The fourth-order valence-electron chi connectivity index (χ4n) is 2.73. The molecule has 182 valence electrons. The predicted molar refractivity (Wildman–Crippen MR) is 125 cm³/mol. The van der Waals surface area contributed by atoms with Crippen LogP contribution in [0.25, 0.3) is 0 Å². The summed E-state index contributed by atoms with van der Waals surface area (Å²) >= 11 is 0. The minimum Gasteiger partial charge on any atom is -0.467 e. The van der Waals surface area contributed by atoms with E-state index in [2.05, 4.69) is 34.4 Å². The van der Waals surface area contributed by atoms with E-state index in [0.717, 1.165) is 12.7 Å². The first-order valence-electron chi connectivity index (χ1n) is 10.4. The Labute approximate surface area is 191 Å². The summed E-state index contributed by atoms with van der Waals surface area (Å²) in [4.78, 5) is 25.0. The maximum atomic E-state index is 13.1. The molecule has 1 rings (SSSR count). The topological polar surface area (TPSA) is 131 Å². The molecule has 0 saturated heterocycles. The smallest absolute Gasteiger partial charge is 0.331 e. The fourth-order valence-corrected chi connectivity index (χ4v) is 7.19. The number of aliphatic hydroxyl groups is 1. The van der Waals surface area contributed by atoms with Crippen molar-refractivity contribution in [2.45, 2.75) is 63.8 Å². The van der Waals surface area contributed by atoms with Crippen molar-refractivity contribution in [3.8, 4) is 0 Å². The molecule has 0 bridgehead atoms. The normalized spacial score (nSPS) is 16.0. The highest BCUT2D eigenvalue weighted by molar-refractivity contribution is 7.89. The Bertz CT molecular complexity index is 857. The SMILES string of the molecule is COC(=O)[C@@H](NC(=O)[C@](C)(COCc1ccccc1)NS(=O)(=O)CC[Si](C)(C)C)C(C)O. The number of ether oxygens (including phenoxy) is 2. The molecule has 0 aliphatic carbocycles. The Morgan fingerprint density at radius 1 is 1.19 bits per heavy atom. The molecule has 11 heteroatoms. The van der Waals surface area contributed by atoms with Crippen molar-refractivity contribution in [2.24, 2.45) is 0 Å². The summed E-state index contributed by atoms with van der Waals surface area (Å²) in [6, 6.07) is 8.39. The fraction of sp³-hybridized carbons (Fsp3) is 0.619. The monoisotopic (exact) mass is 488 g/mol. The van der Waals surface area contributed by atoms with E-state index in [-0.39, 0.29) is 19.0 Å². The molecule has 1 amide bonds. The highest BCUT2D eigenvalue weighted by atomic mass is 32.2. The summed E-state index contributed by atoms with van der Waals surface area (Å²) in [6.45, 7) is 8.76. The number of rotatable bonds is 13. The minimum absolute atomic E-state index is 0.124. The number of benzene rings is 1. The van der Waals surface area contributed by atoms with E-state index in [1.165, 1.54) is 13.8 Å². The highest BCUT2D eigenvalue weighted by Gasteiger charge is 2.41. The van der Waals surface area contributed by atoms with Gasteiger partial charge in [-0.05, 0) is 25.5 Å². The maximum absolute atomic E-state index is 13.1. The first kappa shape index (κ1) is 28.2. The first-order valence-corrected chi connectivity index (χ1v) is 15.8. The molecule has 0 aliphatic heterocycles. The van der Waals surface area contributed by atoms with Crippen LogP contribution in [0.3, 0.4) is 0 Å². The quantitative estimate of drug-likeness (QED) is 0.281. The lowest BCUT2D eigenvalue weighted by Crippen LogP contribution is -2.63. The van der Waals surface area contributed by atoms with Crippen LogP contribution < -0.4 is 10.0 Å². The Hall–Kier alpha value is -1.79. The molecule has 9 nitrogen and oxygen atoms in total. The molecule has 0 aromatic heterocycles. The van der Waals surface area contributed by atoms with Crippen LogP contribution in [0.5, 0.6) is 0 Å². The van der Waals surface area contributed by atoms with Gasteiger partial charge in [0.15, 0.2) is 6.04 Å². The number of esters is 1. The van der Waals surface area contributed by atoms with Crippen molar-refractivity contribution in [3.05, 3.63) is 35.9 Å². The van der Waals surface area contributed by atoms with Crippen LogP contribution in [-0.4, -0.2) is 70.6 Å². The Morgan fingerprint density at radius 3 is 2.28 bits per heavy atom. The highest BCUT2D eigenvalue weighted by Crippen LogP contribution is 2.15. The number of carbonyl (C=O) groups is 2. The van der Waals surface area contributed by atoms with Gasteiger partial charge in [-0.2, -0.15) is 4.72 Å². The molecule has 0 heterocycles. The summed E-state index contributed by atoms with van der Waals surface area (Å²) in [5.41, 5.74) is -0.859. The van der Waals surface area contributed by atoms with Crippen molar-refractivity contribution in [1.82, 2.24) is 10.0 Å². The zero-order valence-electron chi connectivity index (χ0n) is 19.7. The average Bonchev–Trinajstić information content (AvgIpc) is 2.69. The van der Waals surface area contributed by atoms with Gasteiger partial charge in [-0.3, -0.25) is 4.79 Å². The van der Waals surface area contributed by atoms with Crippen molar-refractivity contribution >= 4 is 30.0 Å². The largest absolute Gasteiger partial charge is 0.467 e. The lowest BCUT2D eigenvalue weighted by molar-refractivity contribution is -0.149. The number of methoxy groups -OCH3 is 1. The molecule has 3 N–H and O–H groups in total. The second kappa shape index (κ2) is 11.9. The third-order valence-corrected chi connectivity index (χ3v) is 8.34. The summed E-state index contributed by atoms with van der Waals surface area (Å²) in [5.74, 6) is -1.78. The van der Waals surface area contributed by atoms with Gasteiger partial charge in [-0.1, -0.05) is 50.0 Å².